The molecule has 0 aromatic heterocycles. The molecule has 6 bridgehead atoms. The predicted molar refractivity (Wildman–Crippen MR) is 268 cm³/mol. The average Bonchev–Trinajstić information content (AvgIpc) is 4.04. The van der Waals surface area contributed by atoms with E-state index in [1.54, 1.807) is 0 Å². The Morgan fingerprint density at radius 3 is 1.61 bits per heavy atom. The van der Waals surface area contributed by atoms with Crippen LogP contribution < -0.4 is 9.80 Å². The average molecular weight is 829 g/mol. The van der Waals surface area contributed by atoms with Crippen LogP contribution in [0.15, 0.2) is 188 Å². The van der Waals surface area contributed by atoms with Crippen LogP contribution >= 0.6 is 0 Å². The van der Waals surface area contributed by atoms with E-state index in [1.807, 2.05) is 0 Å². The lowest BCUT2D eigenvalue weighted by Crippen LogP contribution is -2.17. The lowest BCUT2D eigenvalue weighted by atomic mass is 9.81. The van der Waals surface area contributed by atoms with Gasteiger partial charge in [-0.3, -0.25) is 0 Å². The monoisotopic (exact) mass is 828 g/mol. The van der Waals surface area contributed by atoms with E-state index >= 15 is 0 Å². The normalized spacial score (nSPS) is 18.9. The van der Waals surface area contributed by atoms with Crippen molar-refractivity contribution in [1.82, 2.24) is 0 Å². The van der Waals surface area contributed by atoms with Gasteiger partial charge in [0.2, 0.25) is 0 Å². The number of hydrogen-bond donors (Lipinski definition) is 0. The van der Waals surface area contributed by atoms with Gasteiger partial charge in [-0.05, 0) is 185 Å². The van der Waals surface area contributed by atoms with Crippen LogP contribution in [0.4, 0.5) is 34.1 Å². The molecular formula is C62H56N2. The summed E-state index contributed by atoms with van der Waals surface area (Å²) in [5, 5.41) is 0. The molecule has 2 fully saturated rings. The third kappa shape index (κ3) is 6.78. The second-order valence-electron chi connectivity index (χ2n) is 19.6. The molecule has 0 saturated heterocycles. The fourth-order valence-electron chi connectivity index (χ4n) is 12.2. The highest BCUT2D eigenvalue weighted by Gasteiger charge is 2.40. The highest BCUT2D eigenvalue weighted by atomic mass is 15.2. The Balaban J connectivity index is 0.916. The number of para-hydroxylation sites is 2. The summed E-state index contributed by atoms with van der Waals surface area (Å²) < 4.78 is 0. The zero-order valence-corrected chi connectivity index (χ0v) is 37.2. The van der Waals surface area contributed by atoms with Gasteiger partial charge in [0.1, 0.15) is 0 Å². The smallest absolute Gasteiger partial charge is 0.0496 e. The van der Waals surface area contributed by atoms with Crippen molar-refractivity contribution >= 4 is 34.1 Å². The van der Waals surface area contributed by atoms with Crippen LogP contribution in [0.5, 0.6) is 0 Å². The number of benzene rings is 8. The van der Waals surface area contributed by atoms with Crippen LogP contribution in [0.3, 0.4) is 0 Å². The summed E-state index contributed by atoms with van der Waals surface area (Å²) >= 11 is 0. The van der Waals surface area contributed by atoms with E-state index in [2.05, 4.69) is 212 Å². The molecule has 0 spiro atoms. The van der Waals surface area contributed by atoms with Crippen molar-refractivity contribution in [1.29, 1.82) is 0 Å². The first kappa shape index (κ1) is 39.0. The molecule has 64 heavy (non-hydrogen) atoms. The van der Waals surface area contributed by atoms with Crippen molar-refractivity contribution in [3.63, 3.8) is 0 Å². The third-order valence-electron chi connectivity index (χ3n) is 15.5. The SMILES string of the molecule is CC1(C)c2cc(N(c3ccccc3)c3cc4ccc3CCc3ccc(c(N(c5ccccc5)c5ccc(C6CC7CCC6C7)cc5)c3)CC4)ccc2-c2c(-c3ccccc3)cccc21. The summed E-state index contributed by atoms with van der Waals surface area (Å²) in [5.74, 6) is 2.56. The van der Waals surface area contributed by atoms with Gasteiger partial charge in [0.05, 0.1) is 0 Å². The van der Waals surface area contributed by atoms with Crippen molar-refractivity contribution in [3.8, 4) is 22.3 Å². The predicted octanol–water partition coefficient (Wildman–Crippen LogP) is 16.4. The van der Waals surface area contributed by atoms with Gasteiger partial charge in [-0.25, -0.2) is 0 Å². The Morgan fingerprint density at radius 2 is 1.02 bits per heavy atom. The van der Waals surface area contributed by atoms with Crippen molar-refractivity contribution < 1.29 is 0 Å². The lowest BCUT2D eigenvalue weighted by molar-refractivity contribution is 0.420. The Hall–Kier alpha value is -6.64. The molecular weight excluding hydrogens is 773 g/mol. The van der Waals surface area contributed by atoms with Gasteiger partial charge in [-0.1, -0.05) is 148 Å². The van der Waals surface area contributed by atoms with E-state index in [4.69, 9.17) is 0 Å². The Labute approximate surface area is 379 Å². The fraction of sp³-hybridized carbons (Fsp3) is 0.226. The van der Waals surface area contributed by atoms with Crippen LogP contribution in [0.2, 0.25) is 0 Å². The molecule has 8 aromatic carbocycles. The summed E-state index contributed by atoms with van der Waals surface area (Å²) in [5.41, 5.74) is 22.3. The van der Waals surface area contributed by atoms with E-state index in [0.717, 1.165) is 43.4 Å². The molecule has 2 saturated carbocycles. The molecule has 0 radical (unpaired) electrons. The molecule has 0 aliphatic heterocycles. The Morgan fingerprint density at radius 1 is 0.438 bits per heavy atom. The zero-order valence-electron chi connectivity index (χ0n) is 37.2. The Bertz CT molecular complexity index is 2980. The topological polar surface area (TPSA) is 6.48 Å². The van der Waals surface area contributed by atoms with E-state index < -0.39 is 0 Å². The number of aryl methyl sites for hydroxylation is 4. The second-order valence-corrected chi connectivity index (χ2v) is 19.6. The lowest BCUT2D eigenvalue weighted by Gasteiger charge is -2.31. The molecule has 2 heteroatoms. The Kier molecular flexibility index (Phi) is 9.66. The molecule has 0 N–H and O–H groups in total. The number of fused-ring (bicyclic) bond motifs is 5. The molecule has 0 heterocycles. The maximum absolute atomic E-state index is 2.53. The summed E-state index contributed by atoms with van der Waals surface area (Å²) in [6, 6.07) is 71.4. The number of hydrogen-bond acceptors (Lipinski definition) is 2. The number of rotatable bonds is 8. The van der Waals surface area contributed by atoms with Gasteiger partial charge >= 0.3 is 0 Å². The largest absolute Gasteiger partial charge is 0.310 e. The minimum absolute atomic E-state index is 0.149. The summed E-state index contributed by atoms with van der Waals surface area (Å²) in [6.07, 6.45) is 9.44. The minimum atomic E-state index is -0.149. The van der Waals surface area contributed by atoms with Crippen LogP contribution in [-0.2, 0) is 31.1 Å². The summed E-state index contributed by atoms with van der Waals surface area (Å²) in [4.78, 5) is 5.06. The van der Waals surface area contributed by atoms with Gasteiger partial charge < -0.3 is 9.80 Å². The molecule has 314 valence electrons. The molecule has 0 amide bonds. The van der Waals surface area contributed by atoms with Gasteiger partial charge in [0.25, 0.3) is 0 Å². The minimum Gasteiger partial charge on any atom is -0.310 e. The highest BCUT2D eigenvalue weighted by molar-refractivity contribution is 5.94. The van der Waals surface area contributed by atoms with Crippen molar-refractivity contribution in [2.75, 3.05) is 9.80 Å². The first-order valence-corrected chi connectivity index (χ1v) is 23.8. The van der Waals surface area contributed by atoms with Crippen molar-refractivity contribution in [3.05, 3.63) is 227 Å². The van der Waals surface area contributed by atoms with E-state index in [0.29, 0.717) is 0 Å². The van der Waals surface area contributed by atoms with E-state index in [9.17, 15) is 0 Å². The highest BCUT2D eigenvalue weighted by Crippen LogP contribution is 2.55. The maximum atomic E-state index is 2.53. The van der Waals surface area contributed by atoms with Crippen LogP contribution in [0, 0.1) is 11.8 Å². The van der Waals surface area contributed by atoms with E-state index in [-0.39, 0.29) is 5.41 Å². The molecule has 7 aliphatic rings. The molecule has 3 atom stereocenters. The zero-order chi connectivity index (χ0) is 42.8. The van der Waals surface area contributed by atoms with E-state index in [1.165, 1.54) is 121 Å². The van der Waals surface area contributed by atoms with Crippen molar-refractivity contribution in [2.24, 2.45) is 11.8 Å². The van der Waals surface area contributed by atoms with Gasteiger partial charge in [0.15, 0.2) is 0 Å². The first-order chi connectivity index (χ1) is 31.5. The first-order valence-electron chi connectivity index (χ1n) is 23.8. The number of nitrogens with zero attached hydrogens (tertiary/aromatic N) is 2. The number of anilines is 6. The summed E-state index contributed by atoms with van der Waals surface area (Å²) in [7, 11) is 0. The van der Waals surface area contributed by atoms with Gasteiger partial charge in [-0.15, -0.1) is 0 Å². The van der Waals surface area contributed by atoms with Crippen LogP contribution in [0.1, 0.15) is 84.4 Å². The summed E-state index contributed by atoms with van der Waals surface area (Å²) in [6.45, 7) is 4.81. The molecule has 7 aliphatic carbocycles. The fourth-order valence-corrected chi connectivity index (χ4v) is 12.2. The maximum Gasteiger partial charge on any atom is 0.0496 e. The van der Waals surface area contributed by atoms with Gasteiger partial charge in [0, 0.05) is 39.5 Å². The second kappa shape index (κ2) is 15.9. The quantitative estimate of drug-likeness (QED) is 0.151. The van der Waals surface area contributed by atoms with Crippen LogP contribution in [0.25, 0.3) is 22.3 Å². The van der Waals surface area contributed by atoms with Gasteiger partial charge in [-0.2, -0.15) is 0 Å². The van der Waals surface area contributed by atoms with Crippen LogP contribution in [-0.4, -0.2) is 0 Å². The molecule has 8 aromatic rings. The third-order valence-corrected chi connectivity index (χ3v) is 15.5. The van der Waals surface area contributed by atoms with Crippen molar-refractivity contribution in [2.45, 2.75) is 76.5 Å². The molecule has 3 unspecified atom stereocenters. The molecule has 2 nitrogen and oxygen atoms in total. The molecule has 15 rings (SSSR count). The standard InChI is InChI=1S/C62H56N2/c1-62(2)57-20-12-19-54(45-13-6-3-7-14-45)61(57)55-36-35-53(41-58(55)62)64(51-17-10-5-11-18-51)60-40-43-22-27-47-26-21-42(23-28-48(60)29-24-43)39-59(47)63(50-15-8-4-9-16-50)52-33-31-46(32-34-52)56-38-44-25-30-49(56)37-44/h3-21,24,26,29,31-36,39-41,44,49,56H,22-23,25,27-28,30,37-38H2,1-2H3.